The van der Waals surface area contributed by atoms with Crippen molar-refractivity contribution in [2.75, 3.05) is 47.3 Å². The molecule has 0 heterocycles. The molecule has 0 aliphatic carbocycles. The van der Waals surface area contributed by atoms with Gasteiger partial charge in [0.15, 0.2) is 0 Å². The Bertz CT molecular complexity index is 2180. The van der Waals surface area contributed by atoms with Crippen molar-refractivity contribution in [1.29, 1.82) is 0 Å². The Balaban J connectivity index is -0.0000000378. The summed E-state index contributed by atoms with van der Waals surface area (Å²) in [6.07, 6.45) is 12.4. The SMILES string of the molecule is CCC(C)(C)C(O)CC([N-]C)C(C)(C)CC.CCC(C)C(O)CC([N-]C)C(C)CC.CC[N-]C(CC(O)C(C)(C)C)C(C)(C)C.CC[N-]C(CC(O)C(C)(C)CC)C(C)(C)CC.CC[N-]C(CC(O)C(C)C)C(C)C.CC[N-]C(CC(O)C(C)CC)C(C)CC.C[N-]C(CC(O)C(C)(C)C)C(C)(C)C.[CH-]=O.[CH-]=O.[CH-]=O.[CH-]=O.[CH-]=O.[CH-]=O.[CH-]=O.[CH-]=O.[CH-]=O.[CH-]=O.[CH-]=O.[CH-]=O.[CH-]=O.[CH-]=O.[Ru+3].[Ru+3].[Ru+3].[Ru+3].[Ru+3].[Ru+3].[Ru+3]. The first kappa shape index (κ1) is 214. The van der Waals surface area contributed by atoms with Crippen LogP contribution in [0.2, 0.25) is 0 Å². The Morgan fingerprint density at radius 1 is 0.209 bits per heavy atom. The van der Waals surface area contributed by atoms with Crippen LogP contribution in [0.3, 0.4) is 0 Å². The van der Waals surface area contributed by atoms with Gasteiger partial charge in [-0.3, -0.25) is 95.0 Å². The Morgan fingerprint density at radius 2 is 0.410 bits per heavy atom. The molecule has 0 aromatic carbocycles. The summed E-state index contributed by atoms with van der Waals surface area (Å²) in [4.78, 5) is 108. The first-order valence-electron chi connectivity index (χ1n) is 45.7. The Morgan fingerprint density at radius 3 is 0.612 bits per heavy atom. The maximum Gasteiger partial charge on any atom is 3.00 e. The van der Waals surface area contributed by atoms with E-state index in [9.17, 15) is 35.7 Å². The van der Waals surface area contributed by atoms with Crippen LogP contribution in [-0.4, -0.2) is 263 Å². The zero-order chi connectivity index (χ0) is 112. The van der Waals surface area contributed by atoms with Crippen molar-refractivity contribution in [2.24, 2.45) is 78.8 Å². The van der Waals surface area contributed by atoms with Crippen molar-refractivity contribution in [1.82, 2.24) is 0 Å². The number of hydrogen-bond donors (Lipinski definition) is 7. The molecule has 841 valence electrons. The van der Waals surface area contributed by atoms with Gasteiger partial charge in [-0.25, -0.2) is 0 Å². The minimum Gasteiger partial charge on any atom is -0.662 e. The monoisotopic (exact) mass is 2600 g/mol. The summed E-state index contributed by atoms with van der Waals surface area (Å²) in [6, 6.07) is 1.97. The summed E-state index contributed by atoms with van der Waals surface area (Å²) in [6.45, 7) is 134. The Labute approximate surface area is 947 Å². The molecule has 0 aliphatic heterocycles. The molecule has 18 atom stereocenters. The van der Waals surface area contributed by atoms with Crippen LogP contribution in [0.1, 0.15) is 373 Å². The van der Waals surface area contributed by atoms with E-state index in [1.54, 1.807) is 0 Å². The van der Waals surface area contributed by atoms with E-state index in [2.05, 4.69) is 390 Å². The minimum absolute atomic E-state index is 0. The fraction of sp³-hybridized carbons (Fsp3) is 0.865. The predicted molar refractivity (Wildman–Crippen MR) is 560 cm³/mol. The molecule has 0 saturated carbocycles. The van der Waals surface area contributed by atoms with Crippen LogP contribution in [0.4, 0.5) is 0 Å². The molecule has 0 aromatic rings. The third-order valence-corrected chi connectivity index (χ3v) is 23.8. The van der Waals surface area contributed by atoms with E-state index in [-0.39, 0.29) is 247 Å². The van der Waals surface area contributed by atoms with Gasteiger partial charge in [-0.05, 0) is 97.2 Å². The Hall–Kier alpha value is -0.816. The van der Waals surface area contributed by atoms with Gasteiger partial charge in [-0.2, -0.15) is 47.3 Å². The van der Waals surface area contributed by atoms with E-state index in [0.29, 0.717) is 53.6 Å². The Kier molecular flexibility index (Phi) is 221. The fourth-order valence-electron chi connectivity index (χ4n) is 11.2. The molecule has 0 aromatic heterocycles. The molecular formula is C104H208N7O21Ru7. The van der Waals surface area contributed by atoms with Gasteiger partial charge >= 0.3 is 136 Å². The summed E-state index contributed by atoms with van der Waals surface area (Å²) in [7, 11) is 5.57. The summed E-state index contributed by atoms with van der Waals surface area (Å²) in [5, 5.41) is 102. The molecule has 0 bridgehead atoms. The average Bonchev–Trinajstić information content (AvgIpc) is 0.846. The molecule has 0 spiro atoms. The summed E-state index contributed by atoms with van der Waals surface area (Å²) >= 11 is 0. The van der Waals surface area contributed by atoms with Crippen LogP contribution >= 0.6 is 0 Å². The second-order valence-corrected chi connectivity index (χ2v) is 38.8. The van der Waals surface area contributed by atoms with Crippen LogP contribution in [0, 0.1) is 78.8 Å². The quantitative estimate of drug-likeness (QED) is 0.0169. The number of nitrogens with zero attached hydrogens (tertiary/aromatic N) is 7. The third kappa shape index (κ3) is 133. The molecule has 35 heteroatoms. The van der Waals surface area contributed by atoms with Crippen LogP contribution in [-0.2, 0) is 203 Å². The molecule has 7 radical (unpaired) electrons. The maximum absolute atomic E-state index is 10.4. The molecule has 28 nitrogen and oxygen atoms in total. The molecule has 0 amide bonds. The molecule has 0 fully saturated rings. The van der Waals surface area contributed by atoms with Gasteiger partial charge in [0.1, 0.15) is 0 Å². The largest absolute Gasteiger partial charge is 3.00 e. The predicted octanol–water partition coefficient (Wildman–Crippen LogP) is 20.9. The van der Waals surface area contributed by atoms with E-state index < -0.39 is 0 Å². The van der Waals surface area contributed by atoms with Crippen molar-refractivity contribution in [3.63, 3.8) is 0 Å². The molecule has 7 N–H and O–H groups in total. The number of carbonyl (C=O) groups excluding carboxylic acids is 14. The zero-order valence-corrected chi connectivity index (χ0v) is 107. The van der Waals surface area contributed by atoms with E-state index in [0.717, 1.165) is 122 Å². The van der Waals surface area contributed by atoms with Crippen molar-refractivity contribution in [3.05, 3.63) is 37.2 Å². The van der Waals surface area contributed by atoms with Gasteiger partial charge in [0.2, 0.25) is 0 Å². The van der Waals surface area contributed by atoms with Crippen molar-refractivity contribution in [2.45, 2.75) is 458 Å². The molecule has 0 aliphatic rings. The molecule has 18 unspecified atom stereocenters. The molecule has 0 saturated heterocycles. The van der Waals surface area contributed by atoms with Crippen LogP contribution < -0.4 is 0 Å². The maximum atomic E-state index is 10.4. The molecule has 0 rings (SSSR count). The second-order valence-electron chi connectivity index (χ2n) is 38.8. The van der Waals surface area contributed by atoms with Crippen molar-refractivity contribution < 1.29 is 239 Å². The van der Waals surface area contributed by atoms with Gasteiger partial charge in [0.25, 0.3) is 0 Å². The van der Waals surface area contributed by atoms with Gasteiger partial charge in [0, 0.05) is 0 Å². The topological polar surface area (TPSA) is 479 Å². The number of aliphatic hydroxyl groups excluding tert-OH is 7. The first-order chi connectivity index (χ1) is 61.2. The van der Waals surface area contributed by atoms with Crippen molar-refractivity contribution in [3.8, 4) is 0 Å². The molecular weight excluding hydrogens is 2390 g/mol. The van der Waals surface area contributed by atoms with E-state index in [1.165, 1.54) is 0 Å². The number of hydrogen-bond acceptors (Lipinski definition) is 21. The second kappa shape index (κ2) is 143. The number of aliphatic hydroxyl groups is 7. The standard InChI is InChI=1S/C15H32NO.C14H30NO.2C13H28NO.2C12H26NO.C11H24NO.14CHO.7Ru/c1-8-14(4,5)12(16-10-3)11-13(17)15(6,7)9-2;1-8-13(3,4)11(15-7)10-12(16)14(5,6)9-2;1-8-14-10(12(2,3)4)9-11(15)13(5,6)7;1-6-10(4)12(14-8-3)9-13(15)11(5)7-2;1-11(2,3)9(13-7)8-10(14)12(4,5)6;1-6-9(3)11(13-5)8-12(14)10(4)7-2;1-6-12-10(8(2)3)7-11(13)9(4)5;14*1-2;;;;;;;/h12-13,17H,8-11H2,1-7H3;11-12,16H,8-10H2,1-7H3;10-11,15H,8-9H2,1-7H3;10-13,15H,6-9H2,1-5H3;9-10,14H,8H2,1-7H3;9-12,14H,6-8H2,1-5H3;8-11,13H,6-7H2,1-5H3;14*1H;;;;;;;/q21*-1;7*+3. The van der Waals surface area contributed by atoms with Crippen molar-refractivity contribution >= 4 is 95.0 Å². The zero-order valence-electron chi connectivity index (χ0n) is 94.5. The summed E-state index contributed by atoms with van der Waals surface area (Å²) in [5.74, 6) is 2.83. The van der Waals surface area contributed by atoms with Gasteiger partial charge < -0.3 is 140 Å². The smallest absolute Gasteiger partial charge is 0.662 e. The van der Waals surface area contributed by atoms with Crippen LogP contribution in [0.5, 0.6) is 0 Å². The molecule has 139 heavy (non-hydrogen) atoms. The normalized spacial score (nSPS) is 13.9. The summed E-state index contributed by atoms with van der Waals surface area (Å²) in [5.41, 5.74) is 0.530. The van der Waals surface area contributed by atoms with Gasteiger partial charge in [-0.1, -0.05) is 355 Å². The average molecular weight is 2600 g/mol. The fourth-order valence-corrected chi connectivity index (χ4v) is 11.2. The van der Waals surface area contributed by atoms with Crippen LogP contribution in [0.25, 0.3) is 37.2 Å². The van der Waals surface area contributed by atoms with Crippen LogP contribution in [0.15, 0.2) is 0 Å². The van der Waals surface area contributed by atoms with Gasteiger partial charge in [-0.15, -0.1) is 42.3 Å². The summed E-state index contributed by atoms with van der Waals surface area (Å²) < 4.78 is 0. The third-order valence-electron chi connectivity index (χ3n) is 23.8. The van der Waals surface area contributed by atoms with E-state index in [4.69, 9.17) is 72.4 Å². The van der Waals surface area contributed by atoms with E-state index in [1.807, 2.05) is 35.0 Å². The first-order valence-corrected chi connectivity index (χ1v) is 45.7. The van der Waals surface area contributed by atoms with E-state index >= 15 is 0 Å². The van der Waals surface area contributed by atoms with Gasteiger partial charge in [0.05, 0.1) is 42.7 Å². The minimum atomic E-state index is -0.282. The number of rotatable bonds is 43.